The number of hydrogen-bond donors (Lipinski definition) is 1. The number of aliphatic hydroxyl groups is 1. The minimum absolute atomic E-state index is 0.0554. The quantitative estimate of drug-likeness (QED) is 0.788. The largest absolute Gasteiger partial charge is 0.573 e. The van der Waals surface area contributed by atoms with Crippen molar-refractivity contribution in [3.63, 3.8) is 0 Å². The van der Waals surface area contributed by atoms with E-state index in [9.17, 15) is 22.7 Å². The molecule has 0 aliphatic carbocycles. The van der Waals surface area contributed by atoms with Crippen molar-refractivity contribution < 1.29 is 27.4 Å². The summed E-state index contributed by atoms with van der Waals surface area (Å²) in [4.78, 5) is 1.75. The molecule has 2 aromatic rings. The van der Waals surface area contributed by atoms with E-state index in [4.69, 9.17) is 0 Å². The Morgan fingerprint density at radius 2 is 1.60 bits per heavy atom. The zero-order valence-corrected chi connectivity index (χ0v) is 12.8. The molecule has 3 rings (SSSR count). The van der Waals surface area contributed by atoms with E-state index in [2.05, 4.69) is 4.74 Å². The number of nitrogens with zero attached hydrogens (tertiary/aromatic N) is 1. The van der Waals surface area contributed by atoms with Gasteiger partial charge in [-0.1, -0.05) is 12.1 Å². The third-order valence-electron chi connectivity index (χ3n) is 3.60. The van der Waals surface area contributed by atoms with Gasteiger partial charge in [-0.25, -0.2) is 4.39 Å². The molecule has 130 valence electrons. The van der Waals surface area contributed by atoms with Gasteiger partial charge in [0, 0.05) is 24.0 Å². The molecule has 0 saturated carbocycles. The van der Waals surface area contributed by atoms with E-state index in [1.165, 1.54) is 48.5 Å². The van der Waals surface area contributed by atoms with Crippen LogP contribution in [0.5, 0.6) is 5.75 Å². The second-order valence-corrected chi connectivity index (χ2v) is 5.33. The predicted molar refractivity (Wildman–Crippen MR) is 85.6 cm³/mol. The van der Waals surface area contributed by atoms with Crippen LogP contribution in [-0.2, 0) is 0 Å². The summed E-state index contributed by atoms with van der Waals surface area (Å²) in [5.41, 5.74) is 1.73. The van der Waals surface area contributed by atoms with Crippen molar-refractivity contribution in [3.05, 3.63) is 77.9 Å². The van der Waals surface area contributed by atoms with Crippen molar-refractivity contribution in [1.29, 1.82) is 0 Å². The van der Waals surface area contributed by atoms with Crippen molar-refractivity contribution in [3.8, 4) is 5.75 Å². The van der Waals surface area contributed by atoms with E-state index < -0.39 is 6.36 Å². The Balaban J connectivity index is 1.84. The molecule has 3 nitrogen and oxygen atoms in total. The maximum atomic E-state index is 13.0. The lowest BCUT2D eigenvalue weighted by atomic mass is 10.0. The zero-order valence-electron chi connectivity index (χ0n) is 12.8. The number of hydrogen-bond acceptors (Lipinski definition) is 3. The van der Waals surface area contributed by atoms with Crippen LogP contribution < -0.4 is 9.64 Å². The molecular weight excluding hydrogens is 338 g/mol. The second kappa shape index (κ2) is 6.51. The number of rotatable bonds is 3. The van der Waals surface area contributed by atoms with Gasteiger partial charge in [0.1, 0.15) is 17.3 Å². The monoisotopic (exact) mass is 351 g/mol. The molecule has 1 aliphatic rings. The summed E-state index contributed by atoms with van der Waals surface area (Å²) >= 11 is 0. The van der Waals surface area contributed by atoms with Crippen molar-refractivity contribution in [2.45, 2.75) is 6.36 Å². The lowest BCUT2D eigenvalue weighted by molar-refractivity contribution is -0.274. The van der Waals surface area contributed by atoms with Gasteiger partial charge in [0.25, 0.3) is 0 Å². The van der Waals surface area contributed by atoms with Crippen LogP contribution in [0.2, 0.25) is 0 Å². The van der Waals surface area contributed by atoms with Crippen LogP contribution in [0.25, 0.3) is 5.57 Å². The van der Waals surface area contributed by atoms with Gasteiger partial charge >= 0.3 is 6.36 Å². The van der Waals surface area contributed by atoms with E-state index in [0.717, 1.165) is 0 Å². The lowest BCUT2D eigenvalue weighted by Gasteiger charge is -2.25. The van der Waals surface area contributed by atoms with Crippen LogP contribution in [0, 0.1) is 5.82 Å². The molecule has 0 atom stereocenters. The molecule has 0 saturated heterocycles. The molecule has 0 bridgehead atoms. The first kappa shape index (κ1) is 16.9. The number of aliphatic hydroxyl groups excluding tert-OH is 1. The van der Waals surface area contributed by atoms with Gasteiger partial charge in [-0.15, -0.1) is 13.2 Å². The fraction of sp³-hybridized carbons (Fsp3) is 0.111. The maximum absolute atomic E-state index is 13.0. The molecule has 1 heterocycles. The Labute approximate surface area is 141 Å². The van der Waals surface area contributed by atoms with Crippen molar-refractivity contribution in [2.75, 3.05) is 11.4 Å². The molecule has 2 aromatic carbocycles. The number of alkyl halides is 3. The summed E-state index contributed by atoms with van der Waals surface area (Å²) in [6.07, 6.45) is -1.52. The first-order valence-electron chi connectivity index (χ1n) is 7.31. The Bertz CT molecular complexity index is 808. The third kappa shape index (κ3) is 4.12. The van der Waals surface area contributed by atoms with Gasteiger partial charge in [-0.05, 0) is 48.0 Å². The highest BCUT2D eigenvalue weighted by Gasteiger charge is 2.31. The molecule has 0 fully saturated rings. The van der Waals surface area contributed by atoms with E-state index in [-0.39, 0.29) is 17.3 Å². The highest BCUT2D eigenvalue weighted by molar-refractivity contribution is 5.80. The van der Waals surface area contributed by atoms with E-state index in [0.29, 0.717) is 23.4 Å². The molecular formula is C18H13F4NO2. The third-order valence-corrected chi connectivity index (χ3v) is 3.60. The van der Waals surface area contributed by atoms with Gasteiger partial charge < -0.3 is 14.7 Å². The summed E-state index contributed by atoms with van der Waals surface area (Å²) < 4.78 is 53.5. The first-order valence-corrected chi connectivity index (χ1v) is 7.31. The summed E-state index contributed by atoms with van der Waals surface area (Å²) in [7, 11) is 0. The zero-order chi connectivity index (χ0) is 18.0. The average Bonchev–Trinajstić information content (AvgIpc) is 2.56. The van der Waals surface area contributed by atoms with Crippen LogP contribution in [0.1, 0.15) is 5.56 Å². The Morgan fingerprint density at radius 3 is 2.20 bits per heavy atom. The molecule has 0 radical (unpaired) electrons. The smallest absolute Gasteiger partial charge is 0.508 e. The normalized spacial score (nSPS) is 14.8. The van der Waals surface area contributed by atoms with Crippen molar-refractivity contribution in [2.24, 2.45) is 0 Å². The number of allylic oxidation sites excluding steroid dienone is 1. The van der Waals surface area contributed by atoms with Gasteiger partial charge in [0.15, 0.2) is 0 Å². The average molecular weight is 351 g/mol. The van der Waals surface area contributed by atoms with Crippen LogP contribution in [0.4, 0.5) is 23.2 Å². The fourth-order valence-corrected chi connectivity index (χ4v) is 2.44. The van der Waals surface area contributed by atoms with Gasteiger partial charge in [0.2, 0.25) is 0 Å². The maximum Gasteiger partial charge on any atom is 0.573 e. The van der Waals surface area contributed by atoms with Crippen molar-refractivity contribution in [1.82, 2.24) is 0 Å². The summed E-state index contributed by atoms with van der Waals surface area (Å²) in [6, 6.07) is 11.0. The van der Waals surface area contributed by atoms with Crippen molar-refractivity contribution >= 4 is 11.3 Å². The highest BCUT2D eigenvalue weighted by atomic mass is 19.4. The van der Waals surface area contributed by atoms with E-state index in [1.807, 2.05) is 0 Å². The van der Waals surface area contributed by atoms with Gasteiger partial charge in [0.05, 0.1) is 0 Å². The van der Waals surface area contributed by atoms with Crippen LogP contribution in [-0.4, -0.2) is 18.0 Å². The SMILES string of the molecule is OC1=CCN(c2ccc(OC(F)(F)F)cc2)C=C1c1ccc(F)cc1. The molecule has 0 unspecified atom stereocenters. The number of benzene rings is 2. The molecule has 0 amide bonds. The van der Waals surface area contributed by atoms with Crippen LogP contribution in [0.3, 0.4) is 0 Å². The van der Waals surface area contributed by atoms with Gasteiger partial charge in [-0.3, -0.25) is 0 Å². The topological polar surface area (TPSA) is 32.7 Å². The van der Waals surface area contributed by atoms with Crippen LogP contribution >= 0.6 is 0 Å². The lowest BCUT2D eigenvalue weighted by Crippen LogP contribution is -2.21. The fourth-order valence-electron chi connectivity index (χ4n) is 2.44. The van der Waals surface area contributed by atoms with E-state index >= 15 is 0 Å². The summed E-state index contributed by atoms with van der Waals surface area (Å²) in [5, 5.41) is 10.1. The Hall–Kier alpha value is -2.96. The standard InChI is InChI=1S/C18H13F4NO2/c19-13-3-1-12(2-4-13)16-11-23(10-9-17(16)24)14-5-7-15(8-6-14)25-18(20,21)22/h1-9,11,24H,10H2. The Kier molecular flexibility index (Phi) is 4.39. The van der Waals surface area contributed by atoms with Crippen LogP contribution in [0.15, 0.2) is 66.6 Å². The number of ether oxygens (including phenoxy) is 1. The molecule has 25 heavy (non-hydrogen) atoms. The number of halogens is 4. The predicted octanol–water partition coefficient (Wildman–Crippen LogP) is 5.03. The minimum atomic E-state index is -4.74. The molecule has 0 aromatic heterocycles. The van der Waals surface area contributed by atoms with E-state index in [1.54, 1.807) is 17.2 Å². The second-order valence-electron chi connectivity index (χ2n) is 5.33. The summed E-state index contributed by atoms with van der Waals surface area (Å²) in [5.74, 6) is -0.644. The Morgan fingerprint density at radius 1 is 0.960 bits per heavy atom. The first-order chi connectivity index (χ1) is 11.8. The molecule has 7 heteroatoms. The molecule has 1 N–H and O–H groups in total. The minimum Gasteiger partial charge on any atom is -0.508 e. The molecule has 1 aliphatic heterocycles. The molecule has 0 spiro atoms. The highest BCUT2D eigenvalue weighted by Crippen LogP contribution is 2.30. The summed E-state index contributed by atoms with van der Waals surface area (Å²) in [6.45, 7) is 0.343. The number of anilines is 1. The van der Waals surface area contributed by atoms with Gasteiger partial charge in [-0.2, -0.15) is 0 Å².